The van der Waals surface area contributed by atoms with E-state index in [0.29, 0.717) is 14.8 Å². The van der Waals surface area contributed by atoms with Crippen LogP contribution < -0.4 is 10.9 Å². The SMILES string of the molecule is Cc1ccccc1C(=O)NNC(=O)CN1C(=O)C(=Cc2cccs2)SC1=S. The number of thiocarbonyl (C=S) groups is 1. The number of thiophene rings is 1. The van der Waals surface area contributed by atoms with Crippen LogP contribution in [0.1, 0.15) is 20.8 Å². The molecule has 0 unspecified atom stereocenters. The normalized spacial score (nSPS) is 15.3. The lowest BCUT2D eigenvalue weighted by Gasteiger charge is -2.14. The van der Waals surface area contributed by atoms with Crippen molar-refractivity contribution in [3.8, 4) is 0 Å². The number of hydrogen-bond acceptors (Lipinski definition) is 6. The standard InChI is InChI=1S/C18H15N3O3S3/c1-11-5-2-3-7-13(11)16(23)20-19-15(22)10-21-17(24)14(27-18(21)25)9-12-6-4-8-26-12/h2-9H,10H2,1H3,(H,19,22)(H,20,23). The van der Waals surface area contributed by atoms with E-state index < -0.39 is 11.8 Å². The van der Waals surface area contributed by atoms with Gasteiger partial charge in [0.15, 0.2) is 0 Å². The maximum atomic E-state index is 12.5. The summed E-state index contributed by atoms with van der Waals surface area (Å²) in [5.41, 5.74) is 5.92. The van der Waals surface area contributed by atoms with Crippen LogP contribution in [-0.4, -0.2) is 33.5 Å². The molecular weight excluding hydrogens is 402 g/mol. The molecule has 0 spiro atoms. The predicted octanol–water partition coefficient (Wildman–Crippen LogP) is 2.72. The van der Waals surface area contributed by atoms with Crippen LogP contribution in [0.5, 0.6) is 0 Å². The molecule has 3 amide bonds. The van der Waals surface area contributed by atoms with Crippen molar-refractivity contribution in [1.29, 1.82) is 0 Å². The van der Waals surface area contributed by atoms with Crippen LogP contribution in [0.2, 0.25) is 0 Å². The lowest BCUT2D eigenvalue weighted by Crippen LogP contribution is -2.47. The highest BCUT2D eigenvalue weighted by atomic mass is 32.2. The molecule has 1 aromatic heterocycles. The summed E-state index contributed by atoms with van der Waals surface area (Å²) >= 11 is 7.86. The van der Waals surface area contributed by atoms with E-state index in [1.807, 2.05) is 23.6 Å². The van der Waals surface area contributed by atoms with E-state index in [1.165, 1.54) is 16.2 Å². The Morgan fingerprint density at radius 1 is 1.19 bits per heavy atom. The molecule has 1 aromatic carbocycles. The Labute approximate surface area is 169 Å². The summed E-state index contributed by atoms with van der Waals surface area (Å²) < 4.78 is 0.309. The van der Waals surface area contributed by atoms with Gasteiger partial charge < -0.3 is 0 Å². The van der Waals surface area contributed by atoms with Crippen molar-refractivity contribution in [2.45, 2.75) is 6.92 Å². The monoisotopic (exact) mass is 417 g/mol. The highest BCUT2D eigenvalue weighted by Gasteiger charge is 2.33. The Bertz CT molecular complexity index is 938. The molecule has 27 heavy (non-hydrogen) atoms. The van der Waals surface area contributed by atoms with E-state index in [9.17, 15) is 14.4 Å². The molecule has 1 saturated heterocycles. The van der Waals surface area contributed by atoms with Crippen molar-refractivity contribution in [2.75, 3.05) is 6.54 Å². The smallest absolute Gasteiger partial charge is 0.269 e. The van der Waals surface area contributed by atoms with Crippen molar-refractivity contribution in [3.63, 3.8) is 0 Å². The molecule has 9 heteroatoms. The van der Waals surface area contributed by atoms with Gasteiger partial charge in [-0.1, -0.05) is 48.2 Å². The molecular formula is C18H15N3O3S3. The molecule has 0 aliphatic carbocycles. The van der Waals surface area contributed by atoms with Crippen LogP contribution in [0, 0.1) is 6.92 Å². The van der Waals surface area contributed by atoms with Gasteiger partial charge in [0.1, 0.15) is 10.9 Å². The number of thioether (sulfide) groups is 1. The van der Waals surface area contributed by atoms with Gasteiger partial charge in [0.2, 0.25) is 0 Å². The van der Waals surface area contributed by atoms with Gasteiger partial charge in [0, 0.05) is 10.4 Å². The van der Waals surface area contributed by atoms with E-state index in [2.05, 4.69) is 10.9 Å². The summed E-state index contributed by atoms with van der Waals surface area (Å²) in [5.74, 6) is -1.28. The second kappa shape index (κ2) is 8.47. The molecule has 6 nitrogen and oxygen atoms in total. The predicted molar refractivity (Wildman–Crippen MR) is 111 cm³/mol. The molecule has 1 aliphatic rings. The summed E-state index contributed by atoms with van der Waals surface area (Å²) in [5, 5.41) is 1.91. The van der Waals surface area contributed by atoms with Crippen LogP contribution in [0.3, 0.4) is 0 Å². The Hall–Kier alpha value is -2.49. The van der Waals surface area contributed by atoms with Crippen molar-refractivity contribution >= 4 is 63.4 Å². The minimum Gasteiger partial charge on any atom is -0.283 e. The number of aryl methyl sites for hydroxylation is 1. The molecule has 1 aliphatic heterocycles. The van der Waals surface area contributed by atoms with Crippen molar-refractivity contribution in [2.24, 2.45) is 0 Å². The number of benzene rings is 1. The Morgan fingerprint density at radius 3 is 2.67 bits per heavy atom. The molecule has 1 fully saturated rings. The lowest BCUT2D eigenvalue weighted by molar-refractivity contribution is -0.129. The molecule has 0 bridgehead atoms. The maximum Gasteiger partial charge on any atom is 0.269 e. The first-order valence-electron chi connectivity index (χ1n) is 7.89. The molecule has 0 radical (unpaired) electrons. The summed E-state index contributed by atoms with van der Waals surface area (Å²) in [7, 11) is 0. The average Bonchev–Trinajstić information content (AvgIpc) is 3.24. The molecule has 2 N–H and O–H groups in total. The third kappa shape index (κ3) is 4.62. The number of carbonyl (C=O) groups is 3. The van der Waals surface area contributed by atoms with Gasteiger partial charge in [-0.25, -0.2) is 0 Å². The molecule has 0 saturated carbocycles. The molecule has 0 atom stereocenters. The zero-order valence-electron chi connectivity index (χ0n) is 14.2. The Balaban J connectivity index is 1.58. The van der Waals surface area contributed by atoms with Gasteiger partial charge in [-0.15, -0.1) is 11.3 Å². The number of nitrogens with zero attached hydrogens (tertiary/aromatic N) is 1. The van der Waals surface area contributed by atoms with Gasteiger partial charge >= 0.3 is 0 Å². The first kappa shape index (κ1) is 19.3. The highest BCUT2D eigenvalue weighted by molar-refractivity contribution is 8.26. The van der Waals surface area contributed by atoms with Crippen LogP contribution in [0.25, 0.3) is 6.08 Å². The maximum absolute atomic E-state index is 12.5. The van der Waals surface area contributed by atoms with Crippen molar-refractivity contribution in [3.05, 3.63) is 62.7 Å². The van der Waals surface area contributed by atoms with Crippen LogP contribution in [0.4, 0.5) is 0 Å². The number of rotatable bonds is 4. The third-order valence-electron chi connectivity index (χ3n) is 3.70. The summed E-state index contributed by atoms with van der Waals surface area (Å²) in [6.07, 6.45) is 1.75. The third-order valence-corrected chi connectivity index (χ3v) is 5.89. The quantitative estimate of drug-likeness (QED) is 0.454. The number of hydrogen-bond donors (Lipinski definition) is 2. The first-order chi connectivity index (χ1) is 13.0. The number of carbonyl (C=O) groups excluding carboxylic acids is 3. The van der Waals surface area contributed by atoms with Crippen molar-refractivity contribution < 1.29 is 14.4 Å². The average molecular weight is 418 g/mol. The Kier molecular flexibility index (Phi) is 6.04. The number of hydrazine groups is 1. The highest BCUT2D eigenvalue weighted by Crippen LogP contribution is 2.32. The summed E-state index contributed by atoms with van der Waals surface area (Å²) in [6.45, 7) is 1.54. The molecule has 2 aromatic rings. The largest absolute Gasteiger partial charge is 0.283 e. The fourth-order valence-electron chi connectivity index (χ4n) is 2.34. The first-order valence-corrected chi connectivity index (χ1v) is 10.00. The lowest BCUT2D eigenvalue weighted by atomic mass is 10.1. The minimum atomic E-state index is -0.536. The summed E-state index contributed by atoms with van der Waals surface area (Å²) in [4.78, 5) is 39.3. The van der Waals surface area contributed by atoms with E-state index >= 15 is 0 Å². The molecule has 138 valence electrons. The fraction of sp³-hybridized carbons (Fsp3) is 0.111. The van der Waals surface area contributed by atoms with Gasteiger partial charge in [0.25, 0.3) is 17.7 Å². The Morgan fingerprint density at radius 2 is 1.96 bits per heavy atom. The van der Waals surface area contributed by atoms with Crippen LogP contribution >= 0.6 is 35.3 Å². The zero-order chi connectivity index (χ0) is 19.4. The molecule has 2 heterocycles. The van der Waals surface area contributed by atoms with Gasteiger partial charge in [-0.3, -0.25) is 30.1 Å². The van der Waals surface area contributed by atoms with E-state index in [-0.39, 0.29) is 12.5 Å². The van der Waals surface area contributed by atoms with Crippen LogP contribution in [-0.2, 0) is 9.59 Å². The second-order valence-corrected chi connectivity index (χ2v) is 8.26. The van der Waals surface area contributed by atoms with Crippen LogP contribution in [0.15, 0.2) is 46.7 Å². The van der Waals surface area contributed by atoms with E-state index in [4.69, 9.17) is 12.2 Å². The van der Waals surface area contributed by atoms with E-state index in [1.54, 1.807) is 31.2 Å². The fourth-order valence-corrected chi connectivity index (χ4v) is 4.32. The minimum absolute atomic E-state index is 0.263. The van der Waals surface area contributed by atoms with Crippen molar-refractivity contribution in [1.82, 2.24) is 15.8 Å². The topological polar surface area (TPSA) is 78.5 Å². The number of nitrogens with one attached hydrogen (secondary N) is 2. The molecule has 3 rings (SSSR count). The second-order valence-electron chi connectivity index (χ2n) is 5.60. The zero-order valence-corrected chi connectivity index (χ0v) is 16.7. The van der Waals surface area contributed by atoms with Gasteiger partial charge in [-0.2, -0.15) is 0 Å². The summed E-state index contributed by atoms with van der Waals surface area (Å²) in [6, 6.07) is 10.8. The van der Waals surface area contributed by atoms with Gasteiger partial charge in [-0.05, 0) is 36.1 Å². The van der Waals surface area contributed by atoms with Gasteiger partial charge in [0.05, 0.1) is 4.91 Å². The number of amides is 3. The van der Waals surface area contributed by atoms with E-state index in [0.717, 1.165) is 22.2 Å².